The number of phenols is 1. The molecule has 3 aromatic rings. The smallest absolute Gasteiger partial charge is 0.255 e. The Morgan fingerprint density at radius 3 is 2.38 bits per heavy atom. The first-order chi connectivity index (χ1) is 12.6. The molecular formula is C20H20NO5+. The van der Waals surface area contributed by atoms with E-state index in [1.165, 1.54) is 7.11 Å². The van der Waals surface area contributed by atoms with Crippen molar-refractivity contribution in [2.24, 2.45) is 0 Å². The minimum Gasteiger partial charge on any atom is -0.504 e. The van der Waals surface area contributed by atoms with E-state index in [0.717, 1.165) is 22.9 Å². The van der Waals surface area contributed by atoms with Crippen molar-refractivity contribution in [3.05, 3.63) is 36.0 Å². The molecule has 4 rings (SSSR count). The first kappa shape index (κ1) is 16.3. The predicted molar refractivity (Wildman–Crippen MR) is 96.3 cm³/mol. The van der Waals surface area contributed by atoms with Crippen LogP contribution in [0, 0.1) is 0 Å². The third kappa shape index (κ3) is 2.22. The molecule has 0 saturated carbocycles. The second-order valence-electron chi connectivity index (χ2n) is 6.21. The zero-order valence-electron chi connectivity index (χ0n) is 14.9. The van der Waals surface area contributed by atoms with Crippen molar-refractivity contribution in [3.8, 4) is 40.0 Å². The van der Waals surface area contributed by atoms with Gasteiger partial charge in [0.15, 0.2) is 41.5 Å². The lowest BCUT2D eigenvalue weighted by Crippen LogP contribution is -2.40. The molecule has 0 spiro atoms. The number of nitrogens with zero attached hydrogens (tertiary/aromatic N) is 1. The van der Waals surface area contributed by atoms with Crippen molar-refractivity contribution in [3.63, 3.8) is 0 Å². The van der Waals surface area contributed by atoms with E-state index in [4.69, 9.17) is 14.2 Å². The normalized spacial score (nSPS) is 12.4. The van der Waals surface area contributed by atoms with Gasteiger partial charge in [-0.1, -0.05) is 0 Å². The molecule has 1 aliphatic rings. The Labute approximate surface area is 150 Å². The van der Waals surface area contributed by atoms with Gasteiger partial charge >= 0.3 is 0 Å². The number of hydrogen-bond acceptors (Lipinski definition) is 5. The number of phenolic OH excluding ortho intramolecular Hbond substituents is 1. The highest BCUT2D eigenvalue weighted by atomic mass is 16.5. The van der Waals surface area contributed by atoms with Gasteiger partial charge in [-0.25, -0.2) is 0 Å². The van der Waals surface area contributed by atoms with Crippen LogP contribution in [0.2, 0.25) is 0 Å². The van der Waals surface area contributed by atoms with E-state index >= 15 is 0 Å². The van der Waals surface area contributed by atoms with Gasteiger partial charge in [0, 0.05) is 11.8 Å². The second kappa shape index (κ2) is 5.98. The maximum absolute atomic E-state index is 11.0. The minimum atomic E-state index is 0.0477. The molecule has 0 saturated heterocycles. The maximum Gasteiger partial charge on any atom is 0.255 e. The fourth-order valence-electron chi connectivity index (χ4n) is 3.67. The molecule has 0 fully saturated rings. The van der Waals surface area contributed by atoms with Crippen molar-refractivity contribution in [2.75, 3.05) is 21.3 Å². The average molecular weight is 354 g/mol. The quantitative estimate of drug-likeness (QED) is 0.708. The van der Waals surface area contributed by atoms with Gasteiger partial charge in [0.25, 0.3) is 5.69 Å². The first-order valence-electron chi connectivity index (χ1n) is 8.29. The molecule has 2 heterocycles. The van der Waals surface area contributed by atoms with Gasteiger partial charge < -0.3 is 24.4 Å². The Kier molecular flexibility index (Phi) is 3.76. The average Bonchev–Trinajstić information content (AvgIpc) is 2.66. The lowest BCUT2D eigenvalue weighted by atomic mass is 9.94. The van der Waals surface area contributed by atoms with Crippen molar-refractivity contribution >= 4 is 10.8 Å². The topological polar surface area (TPSA) is 72.0 Å². The lowest BCUT2D eigenvalue weighted by Gasteiger charge is -2.19. The highest BCUT2D eigenvalue weighted by molar-refractivity contribution is 5.97. The summed E-state index contributed by atoms with van der Waals surface area (Å²) in [5.74, 6) is 1.82. The molecular weight excluding hydrogens is 334 g/mol. The Morgan fingerprint density at radius 1 is 0.923 bits per heavy atom. The number of aromatic hydroxyl groups is 2. The Bertz CT molecular complexity index is 1030. The molecule has 134 valence electrons. The summed E-state index contributed by atoms with van der Waals surface area (Å²) in [4.78, 5) is 0. The number of aryl methyl sites for hydroxylation is 2. The molecule has 1 aliphatic heterocycles. The number of fused-ring (bicyclic) bond motifs is 4. The molecule has 0 radical (unpaired) electrons. The Hall–Kier alpha value is -3.15. The van der Waals surface area contributed by atoms with Gasteiger partial charge in [-0.3, -0.25) is 0 Å². The van der Waals surface area contributed by atoms with Crippen LogP contribution >= 0.6 is 0 Å². The number of pyridine rings is 1. The third-order valence-electron chi connectivity index (χ3n) is 4.92. The van der Waals surface area contributed by atoms with Crippen LogP contribution in [0.3, 0.4) is 0 Å². The van der Waals surface area contributed by atoms with E-state index < -0.39 is 0 Å². The van der Waals surface area contributed by atoms with Crippen LogP contribution in [-0.2, 0) is 13.0 Å². The van der Waals surface area contributed by atoms with Crippen LogP contribution in [-0.4, -0.2) is 31.5 Å². The van der Waals surface area contributed by atoms with E-state index in [1.807, 2.05) is 22.9 Å². The summed E-state index contributed by atoms with van der Waals surface area (Å²) in [7, 11) is 4.69. The molecule has 0 bridgehead atoms. The first-order valence-corrected chi connectivity index (χ1v) is 8.29. The number of hydrogen-bond donors (Lipinski definition) is 2. The fourth-order valence-corrected chi connectivity index (χ4v) is 3.67. The number of methoxy groups -OCH3 is 3. The van der Waals surface area contributed by atoms with Crippen LogP contribution in [0.4, 0.5) is 0 Å². The van der Waals surface area contributed by atoms with Gasteiger partial charge in [0.05, 0.1) is 32.3 Å². The van der Waals surface area contributed by atoms with Crippen LogP contribution in [0.15, 0.2) is 30.5 Å². The van der Waals surface area contributed by atoms with Gasteiger partial charge in [-0.05, 0) is 29.8 Å². The summed E-state index contributed by atoms with van der Waals surface area (Å²) in [6.07, 6.45) is 2.72. The monoisotopic (exact) mass is 354 g/mol. The van der Waals surface area contributed by atoms with Crippen molar-refractivity contribution in [1.82, 2.24) is 0 Å². The molecule has 6 heteroatoms. The largest absolute Gasteiger partial charge is 0.504 e. The van der Waals surface area contributed by atoms with E-state index in [2.05, 4.69) is 0 Å². The van der Waals surface area contributed by atoms with E-state index in [-0.39, 0.29) is 11.5 Å². The zero-order valence-corrected chi connectivity index (χ0v) is 14.9. The van der Waals surface area contributed by atoms with Crippen LogP contribution in [0.5, 0.6) is 28.7 Å². The SMILES string of the molecule is COc1cc2c(cc1O)-c1c(O)c3ccc(OC)c(OC)c3c[n+]1CC2. The molecule has 0 amide bonds. The standard InChI is InChI=1S/C20H19NO5/c1-24-16-5-4-12-14(20(16)26-3)10-21-7-6-11-8-17(25-2)15(22)9-13(11)18(21)19(12)23/h4-5,8-10H,6-7H2,1-3H3,(H-,22,23)/p+1. The summed E-state index contributed by atoms with van der Waals surface area (Å²) in [5, 5.41) is 22.6. The third-order valence-corrected chi connectivity index (χ3v) is 4.92. The molecule has 6 nitrogen and oxygen atoms in total. The Morgan fingerprint density at radius 2 is 1.69 bits per heavy atom. The van der Waals surface area contributed by atoms with Crippen molar-refractivity contribution in [1.29, 1.82) is 0 Å². The summed E-state index contributed by atoms with van der Waals surface area (Å²) in [6.45, 7) is 0.695. The van der Waals surface area contributed by atoms with E-state index in [0.29, 0.717) is 34.9 Å². The summed E-state index contributed by atoms with van der Waals surface area (Å²) in [6, 6.07) is 7.05. The lowest BCUT2D eigenvalue weighted by molar-refractivity contribution is -0.686. The van der Waals surface area contributed by atoms with Gasteiger partial charge in [-0.2, -0.15) is 4.57 Å². The second-order valence-corrected chi connectivity index (χ2v) is 6.21. The molecule has 0 aliphatic carbocycles. The van der Waals surface area contributed by atoms with Crippen LogP contribution in [0.25, 0.3) is 22.0 Å². The zero-order chi connectivity index (χ0) is 18.4. The Balaban J connectivity index is 2.03. The molecule has 0 atom stereocenters. The van der Waals surface area contributed by atoms with E-state index in [1.54, 1.807) is 26.4 Å². The molecule has 26 heavy (non-hydrogen) atoms. The molecule has 2 aromatic carbocycles. The van der Waals surface area contributed by atoms with Gasteiger partial charge in [-0.15, -0.1) is 0 Å². The fraction of sp³-hybridized carbons (Fsp3) is 0.250. The van der Waals surface area contributed by atoms with Gasteiger partial charge in [0.2, 0.25) is 0 Å². The van der Waals surface area contributed by atoms with Crippen molar-refractivity contribution in [2.45, 2.75) is 13.0 Å². The number of benzene rings is 2. The predicted octanol–water partition coefficient (Wildman–Crippen LogP) is 2.79. The molecule has 0 unspecified atom stereocenters. The van der Waals surface area contributed by atoms with Gasteiger partial charge in [0.1, 0.15) is 0 Å². The highest BCUT2D eigenvalue weighted by Gasteiger charge is 2.31. The number of rotatable bonds is 3. The minimum absolute atomic E-state index is 0.0477. The van der Waals surface area contributed by atoms with Crippen molar-refractivity contribution < 1.29 is 29.0 Å². The maximum atomic E-state index is 11.0. The number of aromatic nitrogens is 1. The molecule has 2 N–H and O–H groups in total. The summed E-state index contributed by atoms with van der Waals surface area (Å²) < 4.78 is 18.1. The van der Waals surface area contributed by atoms with E-state index in [9.17, 15) is 10.2 Å². The highest BCUT2D eigenvalue weighted by Crippen LogP contribution is 2.44. The summed E-state index contributed by atoms with van der Waals surface area (Å²) >= 11 is 0. The number of ether oxygens (including phenoxy) is 3. The summed E-state index contributed by atoms with van der Waals surface area (Å²) in [5.41, 5.74) is 2.49. The van der Waals surface area contributed by atoms with Crippen LogP contribution in [0.1, 0.15) is 5.56 Å². The molecule has 1 aromatic heterocycles. The van der Waals surface area contributed by atoms with Crippen LogP contribution < -0.4 is 18.8 Å².